The largest absolute Gasteiger partial charge is 0.508 e. The number of hydrogen-bond acceptors (Lipinski definition) is 4. The van der Waals surface area contributed by atoms with Gasteiger partial charge in [-0.25, -0.2) is 0 Å². The summed E-state index contributed by atoms with van der Waals surface area (Å²) in [4.78, 5) is 0. The molecule has 202 valence electrons. The average Bonchev–Trinajstić information content (AvgIpc) is 2.86. The van der Waals surface area contributed by atoms with E-state index in [4.69, 9.17) is 0 Å². The standard InChI is InChI=1S/C31H50N2O3/c1-27(26-29-17-11-13-19-31(29)36)32-21-14-8-6-4-3-5-7-9-15-22-33(2,24-25-34)23-20-28-16-10-12-18-30(28)35/h10-13,16-19,27,32,34H,3-9,14-15,20-26H2,1-2H3,(H-,35,36)/p+1. The molecule has 4 N–H and O–H groups in total. The molecule has 2 rings (SSSR count). The van der Waals surface area contributed by atoms with Gasteiger partial charge in [-0.2, -0.15) is 0 Å². The molecule has 0 saturated heterocycles. The SMILES string of the molecule is CC(Cc1ccccc1O)NCCCCCCCCCCC[N+](C)(CCO)CCc1ccccc1O. The van der Waals surface area contributed by atoms with Crippen LogP contribution in [-0.2, 0) is 12.8 Å². The summed E-state index contributed by atoms with van der Waals surface area (Å²) in [6.45, 7) is 6.25. The average molecular weight is 500 g/mol. The van der Waals surface area contributed by atoms with Crippen molar-refractivity contribution in [1.82, 2.24) is 5.32 Å². The van der Waals surface area contributed by atoms with Gasteiger partial charge in [0, 0.05) is 12.5 Å². The van der Waals surface area contributed by atoms with Gasteiger partial charge in [0.1, 0.15) is 18.0 Å². The molecule has 0 aliphatic carbocycles. The van der Waals surface area contributed by atoms with E-state index < -0.39 is 0 Å². The number of phenolic OH excluding ortho intramolecular Hbond substituents is 2. The maximum atomic E-state index is 10.0. The quantitative estimate of drug-likeness (QED) is 0.137. The molecular formula is C31H51N2O3+. The van der Waals surface area contributed by atoms with Crippen molar-refractivity contribution in [3.05, 3.63) is 59.7 Å². The first kappa shape index (κ1) is 30.1. The van der Waals surface area contributed by atoms with Crippen molar-refractivity contribution in [2.24, 2.45) is 0 Å². The number of para-hydroxylation sites is 2. The molecule has 2 aromatic carbocycles. The third-order valence-electron chi connectivity index (χ3n) is 7.44. The summed E-state index contributed by atoms with van der Waals surface area (Å²) in [5.41, 5.74) is 2.01. The molecule has 0 aromatic heterocycles. The second-order valence-corrected chi connectivity index (χ2v) is 10.8. The monoisotopic (exact) mass is 499 g/mol. The Bertz CT molecular complexity index is 844. The molecule has 36 heavy (non-hydrogen) atoms. The second kappa shape index (κ2) is 17.4. The fourth-order valence-electron chi connectivity index (χ4n) is 4.98. The van der Waals surface area contributed by atoms with Crippen molar-refractivity contribution in [1.29, 1.82) is 0 Å². The van der Waals surface area contributed by atoms with Crippen LogP contribution in [0.25, 0.3) is 0 Å². The van der Waals surface area contributed by atoms with E-state index in [1.54, 1.807) is 12.1 Å². The zero-order valence-corrected chi connectivity index (χ0v) is 22.8. The number of phenols is 2. The van der Waals surface area contributed by atoms with Crippen molar-refractivity contribution in [3.63, 3.8) is 0 Å². The number of unbranched alkanes of at least 4 members (excludes halogenated alkanes) is 8. The molecule has 0 fully saturated rings. The number of aliphatic hydroxyl groups is 1. The smallest absolute Gasteiger partial charge is 0.118 e. The van der Waals surface area contributed by atoms with Crippen LogP contribution < -0.4 is 5.32 Å². The van der Waals surface area contributed by atoms with Gasteiger partial charge in [0.2, 0.25) is 0 Å². The molecule has 2 aromatic rings. The fourth-order valence-corrected chi connectivity index (χ4v) is 4.98. The lowest BCUT2D eigenvalue weighted by atomic mass is 10.1. The van der Waals surface area contributed by atoms with Crippen LogP contribution in [0.4, 0.5) is 0 Å². The third kappa shape index (κ3) is 12.2. The highest BCUT2D eigenvalue weighted by molar-refractivity contribution is 5.32. The summed E-state index contributed by atoms with van der Waals surface area (Å²) in [7, 11) is 2.23. The van der Waals surface area contributed by atoms with Crippen LogP contribution in [0, 0.1) is 0 Å². The first-order valence-electron chi connectivity index (χ1n) is 14.1. The van der Waals surface area contributed by atoms with Gasteiger partial charge in [-0.1, -0.05) is 74.9 Å². The molecule has 0 aliphatic heterocycles. The minimum Gasteiger partial charge on any atom is -0.508 e. The van der Waals surface area contributed by atoms with E-state index in [-0.39, 0.29) is 6.61 Å². The number of rotatable bonds is 20. The number of benzene rings is 2. The van der Waals surface area contributed by atoms with Crippen LogP contribution in [0.3, 0.4) is 0 Å². The molecule has 0 spiro atoms. The lowest BCUT2D eigenvalue weighted by molar-refractivity contribution is -0.909. The molecule has 2 atom stereocenters. The van der Waals surface area contributed by atoms with Gasteiger partial charge in [-0.3, -0.25) is 0 Å². The van der Waals surface area contributed by atoms with E-state index in [0.29, 0.717) is 17.5 Å². The molecule has 0 aliphatic rings. The minimum absolute atomic E-state index is 0.211. The first-order valence-corrected chi connectivity index (χ1v) is 14.1. The highest BCUT2D eigenvalue weighted by Gasteiger charge is 2.21. The highest BCUT2D eigenvalue weighted by atomic mass is 16.3. The number of quaternary nitrogens is 1. The van der Waals surface area contributed by atoms with Crippen molar-refractivity contribution in [2.75, 3.05) is 39.8 Å². The lowest BCUT2D eigenvalue weighted by Crippen LogP contribution is -2.48. The van der Waals surface area contributed by atoms with Crippen molar-refractivity contribution < 1.29 is 19.8 Å². The van der Waals surface area contributed by atoms with E-state index >= 15 is 0 Å². The number of likely N-dealkylation sites (N-methyl/N-ethyl adjacent to an activating group) is 1. The number of nitrogens with one attached hydrogen (secondary N) is 1. The van der Waals surface area contributed by atoms with Gasteiger partial charge in [-0.15, -0.1) is 0 Å². The van der Waals surface area contributed by atoms with Crippen molar-refractivity contribution >= 4 is 0 Å². The Hall–Kier alpha value is -2.08. The Morgan fingerprint density at radius 3 is 1.81 bits per heavy atom. The summed E-state index contributed by atoms with van der Waals surface area (Å²) < 4.78 is 0.865. The van der Waals surface area contributed by atoms with Crippen LogP contribution in [0.1, 0.15) is 75.8 Å². The second-order valence-electron chi connectivity index (χ2n) is 10.8. The summed E-state index contributed by atoms with van der Waals surface area (Å²) >= 11 is 0. The van der Waals surface area contributed by atoms with Gasteiger partial charge in [0.15, 0.2) is 0 Å². The van der Waals surface area contributed by atoms with Crippen LogP contribution >= 0.6 is 0 Å². The summed E-state index contributed by atoms with van der Waals surface area (Å²) in [5.74, 6) is 0.775. The molecule has 5 nitrogen and oxygen atoms in total. The van der Waals surface area contributed by atoms with E-state index in [9.17, 15) is 15.3 Å². The molecule has 0 bridgehead atoms. The van der Waals surface area contributed by atoms with E-state index in [1.807, 2.05) is 36.4 Å². The van der Waals surface area contributed by atoms with Crippen LogP contribution in [-0.4, -0.2) is 65.7 Å². The Morgan fingerprint density at radius 1 is 0.694 bits per heavy atom. The van der Waals surface area contributed by atoms with Crippen LogP contribution in [0.5, 0.6) is 11.5 Å². The Kier molecular flexibility index (Phi) is 14.6. The first-order chi connectivity index (χ1) is 17.4. The molecular weight excluding hydrogens is 448 g/mol. The van der Waals surface area contributed by atoms with Crippen LogP contribution in [0.15, 0.2) is 48.5 Å². The van der Waals surface area contributed by atoms with Crippen LogP contribution in [0.2, 0.25) is 0 Å². The minimum atomic E-state index is 0.211. The molecule has 0 heterocycles. The normalized spacial score (nSPS) is 14.0. The van der Waals surface area contributed by atoms with Gasteiger partial charge in [-0.05, 0) is 62.4 Å². The number of nitrogens with zero attached hydrogens (tertiary/aromatic N) is 1. The molecule has 0 amide bonds. The Morgan fingerprint density at radius 2 is 1.22 bits per heavy atom. The fraction of sp³-hybridized carbons (Fsp3) is 0.613. The van der Waals surface area contributed by atoms with Gasteiger partial charge in [0.25, 0.3) is 0 Å². The van der Waals surface area contributed by atoms with E-state index in [0.717, 1.165) is 54.6 Å². The predicted molar refractivity (Wildman–Crippen MR) is 151 cm³/mol. The molecule has 5 heteroatoms. The predicted octanol–water partition coefficient (Wildman–Crippen LogP) is 5.81. The summed E-state index contributed by atoms with van der Waals surface area (Å²) in [6, 6.07) is 15.6. The molecule has 0 radical (unpaired) electrons. The highest BCUT2D eigenvalue weighted by Crippen LogP contribution is 2.19. The number of aromatic hydroxyl groups is 2. The Balaban J connectivity index is 1.45. The maximum absolute atomic E-state index is 10.0. The molecule has 0 saturated carbocycles. The van der Waals surface area contributed by atoms with Gasteiger partial charge >= 0.3 is 0 Å². The van der Waals surface area contributed by atoms with E-state index in [2.05, 4.69) is 19.3 Å². The maximum Gasteiger partial charge on any atom is 0.118 e. The van der Waals surface area contributed by atoms with E-state index in [1.165, 1.54) is 57.8 Å². The third-order valence-corrected chi connectivity index (χ3v) is 7.44. The van der Waals surface area contributed by atoms with Gasteiger partial charge in [0.05, 0.1) is 26.7 Å². The zero-order chi connectivity index (χ0) is 26.1. The van der Waals surface area contributed by atoms with Gasteiger partial charge < -0.3 is 25.1 Å². The number of hydrogen-bond donors (Lipinski definition) is 4. The Labute approximate surface area is 219 Å². The number of aliphatic hydroxyl groups excluding tert-OH is 1. The topological polar surface area (TPSA) is 72.7 Å². The zero-order valence-electron chi connectivity index (χ0n) is 22.8. The molecule has 2 unspecified atom stereocenters. The lowest BCUT2D eigenvalue weighted by Gasteiger charge is -2.34. The van der Waals surface area contributed by atoms with Crippen molar-refractivity contribution in [2.45, 2.75) is 83.6 Å². The summed E-state index contributed by atoms with van der Waals surface area (Å²) in [6.07, 6.45) is 13.2. The summed E-state index contributed by atoms with van der Waals surface area (Å²) in [5, 5.41) is 33.1. The van der Waals surface area contributed by atoms with Crippen molar-refractivity contribution in [3.8, 4) is 11.5 Å².